The van der Waals surface area contributed by atoms with Crippen LogP contribution in [0.3, 0.4) is 0 Å². The van der Waals surface area contributed by atoms with Crippen molar-refractivity contribution in [2.75, 3.05) is 0 Å². The molecule has 5 heteroatoms. The minimum Gasteiger partial charge on any atom is -0.484 e. The smallest absolute Gasteiger partial charge is 0.135 e. The topological polar surface area (TPSA) is 35.2 Å². The zero-order valence-electron chi connectivity index (χ0n) is 10.3. The zero-order chi connectivity index (χ0) is 13.6. The van der Waals surface area contributed by atoms with Gasteiger partial charge < -0.3 is 10.5 Å². The minimum atomic E-state index is 0.0306. The average molecular weight is 403 g/mol. The number of rotatable bonds is 1. The predicted octanol–water partition coefficient (Wildman–Crippen LogP) is 5.11. The fraction of sp³-hybridized carbons (Fsp3) is 0.286. The van der Waals surface area contributed by atoms with Crippen LogP contribution in [0.25, 0.3) is 0 Å². The lowest BCUT2D eigenvalue weighted by Crippen LogP contribution is -2.23. The van der Waals surface area contributed by atoms with E-state index < -0.39 is 0 Å². The Morgan fingerprint density at radius 2 is 2.11 bits per heavy atom. The summed E-state index contributed by atoms with van der Waals surface area (Å²) in [6.07, 6.45) is 0.868. The van der Waals surface area contributed by atoms with Gasteiger partial charge in [-0.05, 0) is 41.1 Å². The van der Waals surface area contributed by atoms with Gasteiger partial charge in [-0.1, -0.05) is 22.0 Å². The van der Waals surface area contributed by atoms with E-state index in [2.05, 4.69) is 44.8 Å². The first-order valence-corrected chi connectivity index (χ1v) is 8.42. The van der Waals surface area contributed by atoms with Crippen LogP contribution in [-0.2, 0) is 0 Å². The van der Waals surface area contributed by atoms with Crippen LogP contribution in [-0.4, -0.2) is 0 Å². The molecule has 2 nitrogen and oxygen atoms in total. The summed E-state index contributed by atoms with van der Waals surface area (Å²) in [5, 5.41) is 0. The zero-order valence-corrected chi connectivity index (χ0v) is 14.3. The van der Waals surface area contributed by atoms with Gasteiger partial charge in [-0.15, -0.1) is 11.3 Å². The second-order valence-electron chi connectivity index (χ2n) is 4.68. The van der Waals surface area contributed by atoms with Gasteiger partial charge in [0.15, 0.2) is 0 Å². The van der Waals surface area contributed by atoms with Gasteiger partial charge in [0.05, 0.1) is 0 Å². The minimum absolute atomic E-state index is 0.0306. The van der Waals surface area contributed by atoms with Gasteiger partial charge >= 0.3 is 0 Å². The van der Waals surface area contributed by atoms with Crippen molar-refractivity contribution >= 4 is 43.2 Å². The molecule has 0 aliphatic carbocycles. The number of ether oxygens (including phenoxy) is 1. The van der Waals surface area contributed by atoms with E-state index in [4.69, 9.17) is 10.5 Å². The first-order valence-electron chi connectivity index (χ1n) is 6.02. The molecule has 2 heterocycles. The molecule has 1 aliphatic heterocycles. The summed E-state index contributed by atoms with van der Waals surface area (Å²) >= 11 is 8.80. The van der Waals surface area contributed by atoms with E-state index in [0.29, 0.717) is 0 Å². The summed E-state index contributed by atoms with van der Waals surface area (Å²) in [6.45, 7) is 2.10. The third-order valence-corrected chi connectivity index (χ3v) is 6.03. The van der Waals surface area contributed by atoms with Crippen molar-refractivity contribution in [1.82, 2.24) is 0 Å². The summed E-state index contributed by atoms with van der Waals surface area (Å²) in [5.41, 5.74) is 7.36. The lowest BCUT2D eigenvalue weighted by atomic mass is 9.97. The lowest BCUT2D eigenvalue weighted by Gasteiger charge is -2.29. The van der Waals surface area contributed by atoms with Gasteiger partial charge in [0.1, 0.15) is 11.9 Å². The van der Waals surface area contributed by atoms with Gasteiger partial charge in [-0.25, -0.2) is 0 Å². The van der Waals surface area contributed by atoms with Crippen LogP contribution >= 0.6 is 43.2 Å². The molecule has 1 aromatic heterocycles. The molecule has 0 bridgehead atoms. The Hall–Kier alpha value is -0.360. The second kappa shape index (κ2) is 5.20. The summed E-state index contributed by atoms with van der Waals surface area (Å²) in [7, 11) is 0. The molecule has 1 aliphatic rings. The first-order chi connectivity index (χ1) is 9.04. The Morgan fingerprint density at radius 1 is 1.32 bits per heavy atom. The molecule has 0 spiro atoms. The molecule has 0 radical (unpaired) electrons. The third-order valence-electron chi connectivity index (χ3n) is 3.31. The highest BCUT2D eigenvalue weighted by atomic mass is 79.9. The fourth-order valence-electron chi connectivity index (χ4n) is 2.29. The van der Waals surface area contributed by atoms with E-state index in [0.717, 1.165) is 26.7 Å². The molecular weight excluding hydrogens is 390 g/mol. The molecule has 100 valence electrons. The van der Waals surface area contributed by atoms with Gasteiger partial charge in [0, 0.05) is 36.7 Å². The standard InChI is InChI=1S/C14H13Br2NOS/c1-7-10(16)5-14(19-7)13-6-11(17)9-3-2-8(15)4-12(9)18-13/h2-5,11,13H,6,17H2,1H3/t11-,13?/m0/s1. The van der Waals surface area contributed by atoms with Crippen LogP contribution in [0.5, 0.6) is 5.75 Å². The Morgan fingerprint density at radius 3 is 2.79 bits per heavy atom. The summed E-state index contributed by atoms with van der Waals surface area (Å²) in [6, 6.07) is 8.21. The number of benzene rings is 1. The van der Waals surface area contributed by atoms with Crippen LogP contribution in [0.15, 0.2) is 33.2 Å². The Kier molecular flexibility index (Phi) is 3.73. The van der Waals surface area contributed by atoms with Crippen molar-refractivity contribution in [2.45, 2.75) is 25.5 Å². The summed E-state index contributed by atoms with van der Waals surface area (Å²) < 4.78 is 8.28. The molecule has 2 N–H and O–H groups in total. The maximum Gasteiger partial charge on any atom is 0.135 e. The Labute approximate surface area is 133 Å². The first kappa shape index (κ1) is 13.6. The van der Waals surface area contributed by atoms with Gasteiger partial charge in [0.2, 0.25) is 0 Å². The number of hydrogen-bond donors (Lipinski definition) is 1. The molecule has 0 amide bonds. The van der Waals surface area contributed by atoms with E-state index in [9.17, 15) is 0 Å². The van der Waals surface area contributed by atoms with Crippen LogP contribution in [0.1, 0.15) is 33.9 Å². The molecule has 2 atom stereocenters. The fourth-order valence-corrected chi connectivity index (χ4v) is 4.23. The molecule has 0 saturated carbocycles. The Balaban J connectivity index is 1.96. The molecule has 19 heavy (non-hydrogen) atoms. The highest BCUT2D eigenvalue weighted by molar-refractivity contribution is 9.10. The quantitative estimate of drug-likeness (QED) is 0.719. The predicted molar refractivity (Wildman–Crippen MR) is 85.8 cm³/mol. The average Bonchev–Trinajstić information content (AvgIpc) is 2.69. The molecule has 3 rings (SSSR count). The number of fused-ring (bicyclic) bond motifs is 1. The second-order valence-corrected chi connectivity index (χ2v) is 7.74. The van der Waals surface area contributed by atoms with Crippen molar-refractivity contribution < 1.29 is 4.74 Å². The molecule has 1 aromatic carbocycles. The van der Waals surface area contributed by atoms with Crippen molar-refractivity contribution in [1.29, 1.82) is 0 Å². The van der Waals surface area contributed by atoms with E-state index >= 15 is 0 Å². The van der Waals surface area contributed by atoms with Crippen molar-refractivity contribution in [3.05, 3.63) is 48.5 Å². The van der Waals surface area contributed by atoms with Gasteiger partial charge in [0.25, 0.3) is 0 Å². The summed E-state index contributed by atoms with van der Waals surface area (Å²) in [5.74, 6) is 0.889. The summed E-state index contributed by atoms with van der Waals surface area (Å²) in [4.78, 5) is 2.50. The number of aryl methyl sites for hydroxylation is 1. The number of hydrogen-bond acceptors (Lipinski definition) is 3. The lowest BCUT2D eigenvalue weighted by molar-refractivity contribution is 0.165. The molecule has 2 aromatic rings. The van der Waals surface area contributed by atoms with Crippen LogP contribution in [0, 0.1) is 6.92 Å². The van der Waals surface area contributed by atoms with Crippen molar-refractivity contribution in [3.63, 3.8) is 0 Å². The molecule has 0 saturated heterocycles. The number of thiophene rings is 1. The maximum atomic E-state index is 6.27. The third kappa shape index (κ3) is 2.61. The van der Waals surface area contributed by atoms with E-state index in [1.807, 2.05) is 18.2 Å². The largest absolute Gasteiger partial charge is 0.484 e. The van der Waals surface area contributed by atoms with Crippen LogP contribution < -0.4 is 10.5 Å². The molecular formula is C14H13Br2NOS. The monoisotopic (exact) mass is 401 g/mol. The van der Waals surface area contributed by atoms with Crippen molar-refractivity contribution in [3.8, 4) is 5.75 Å². The SMILES string of the molecule is Cc1sc(C2C[C@H](N)c3ccc(Br)cc3O2)cc1Br. The highest BCUT2D eigenvalue weighted by Gasteiger charge is 2.28. The van der Waals surface area contributed by atoms with Gasteiger partial charge in [-0.3, -0.25) is 0 Å². The number of halogens is 2. The normalized spacial score (nSPS) is 21.9. The van der Waals surface area contributed by atoms with E-state index in [1.165, 1.54) is 9.75 Å². The Bertz CT molecular complexity index is 606. The van der Waals surface area contributed by atoms with Gasteiger partial charge in [-0.2, -0.15) is 0 Å². The highest BCUT2D eigenvalue weighted by Crippen LogP contribution is 2.43. The molecule has 0 fully saturated rings. The van der Waals surface area contributed by atoms with Crippen LogP contribution in [0.2, 0.25) is 0 Å². The molecule has 1 unspecified atom stereocenters. The van der Waals surface area contributed by atoms with Crippen LogP contribution in [0.4, 0.5) is 0 Å². The van der Waals surface area contributed by atoms with E-state index in [-0.39, 0.29) is 12.1 Å². The maximum absolute atomic E-state index is 6.27. The van der Waals surface area contributed by atoms with E-state index in [1.54, 1.807) is 11.3 Å². The number of nitrogens with two attached hydrogens (primary N) is 1. The van der Waals surface area contributed by atoms with Crippen molar-refractivity contribution in [2.24, 2.45) is 5.73 Å².